The number of carbonyl (C=O) groups excluding carboxylic acids is 1. The molecule has 0 aliphatic heterocycles. The molecule has 1 N–H and O–H groups in total. The second kappa shape index (κ2) is 4.41. The summed E-state index contributed by atoms with van der Waals surface area (Å²) in [6, 6.07) is 3.44. The molecule has 0 saturated heterocycles. The number of aliphatic hydroxyl groups is 1. The van der Waals surface area contributed by atoms with Gasteiger partial charge in [-0.05, 0) is 29.8 Å². The Hall–Kier alpha value is -1.48. The van der Waals surface area contributed by atoms with Gasteiger partial charge in [-0.25, -0.2) is 0 Å². The first-order valence-electron chi connectivity index (χ1n) is 3.54. The molecule has 0 saturated carbocycles. The van der Waals surface area contributed by atoms with E-state index in [0.29, 0.717) is 12.0 Å². The minimum atomic E-state index is -0.00947. The Bertz CT molecular complexity index is 294. The third kappa shape index (κ3) is 2.29. The Labute approximate surface area is 70.4 Å². The minimum Gasteiger partial charge on any atom is -0.392 e. The summed E-state index contributed by atoms with van der Waals surface area (Å²) in [5.74, 6) is 0. The van der Waals surface area contributed by atoms with Gasteiger partial charge in [-0.1, -0.05) is 0 Å². The fourth-order valence-corrected chi connectivity index (χ4v) is 0.822. The molecule has 12 heavy (non-hydrogen) atoms. The Balaban J connectivity index is 2.86. The fourth-order valence-electron chi connectivity index (χ4n) is 0.822. The largest absolute Gasteiger partial charge is 0.392 e. The lowest BCUT2D eigenvalue weighted by Gasteiger charge is -1.95. The van der Waals surface area contributed by atoms with Crippen LogP contribution in [0.15, 0.2) is 24.4 Å². The fraction of sp³-hybridized carbons (Fsp3) is 0.111. The Morgan fingerprint density at radius 2 is 2.42 bits per heavy atom. The van der Waals surface area contributed by atoms with Gasteiger partial charge in [-0.3, -0.25) is 9.78 Å². The first-order chi connectivity index (χ1) is 5.86. The lowest BCUT2D eigenvalue weighted by atomic mass is 10.2. The monoisotopic (exact) mass is 163 g/mol. The number of hydrogen-bond donors (Lipinski definition) is 1. The SMILES string of the molecule is O=CC=Cc1cc(CO)ccn1. The molecule has 3 nitrogen and oxygen atoms in total. The zero-order valence-corrected chi connectivity index (χ0v) is 6.47. The second-order valence-corrected chi connectivity index (χ2v) is 2.24. The lowest BCUT2D eigenvalue weighted by molar-refractivity contribution is -0.104. The second-order valence-electron chi connectivity index (χ2n) is 2.24. The van der Waals surface area contributed by atoms with Crippen molar-refractivity contribution in [2.45, 2.75) is 6.61 Å². The van der Waals surface area contributed by atoms with Gasteiger partial charge >= 0.3 is 0 Å². The maximum atomic E-state index is 9.97. The van der Waals surface area contributed by atoms with Crippen molar-refractivity contribution in [1.29, 1.82) is 0 Å². The van der Waals surface area contributed by atoms with Crippen molar-refractivity contribution in [3.05, 3.63) is 35.7 Å². The van der Waals surface area contributed by atoms with Crippen molar-refractivity contribution in [2.75, 3.05) is 0 Å². The minimum absolute atomic E-state index is 0.00947. The van der Waals surface area contributed by atoms with Crippen LogP contribution in [0.4, 0.5) is 0 Å². The van der Waals surface area contributed by atoms with E-state index in [-0.39, 0.29) is 6.61 Å². The normalized spacial score (nSPS) is 10.4. The smallest absolute Gasteiger partial charge is 0.142 e. The topological polar surface area (TPSA) is 50.2 Å². The number of aldehydes is 1. The highest BCUT2D eigenvalue weighted by Gasteiger charge is 1.91. The van der Waals surface area contributed by atoms with E-state index in [1.54, 1.807) is 24.4 Å². The maximum absolute atomic E-state index is 9.97. The van der Waals surface area contributed by atoms with Crippen LogP contribution in [0.2, 0.25) is 0 Å². The van der Waals surface area contributed by atoms with Crippen LogP contribution < -0.4 is 0 Å². The summed E-state index contributed by atoms with van der Waals surface area (Å²) in [5.41, 5.74) is 1.46. The molecule has 0 fully saturated rings. The van der Waals surface area contributed by atoms with Gasteiger partial charge in [0, 0.05) is 6.20 Å². The van der Waals surface area contributed by atoms with Crippen LogP contribution in [0.5, 0.6) is 0 Å². The summed E-state index contributed by atoms with van der Waals surface area (Å²) < 4.78 is 0. The van der Waals surface area contributed by atoms with Gasteiger partial charge in [0.25, 0.3) is 0 Å². The highest BCUT2D eigenvalue weighted by atomic mass is 16.3. The average Bonchev–Trinajstić information content (AvgIpc) is 2.15. The molecular weight excluding hydrogens is 154 g/mol. The van der Waals surface area contributed by atoms with Gasteiger partial charge < -0.3 is 5.11 Å². The van der Waals surface area contributed by atoms with Crippen LogP contribution in [-0.4, -0.2) is 16.4 Å². The van der Waals surface area contributed by atoms with Crippen LogP contribution >= 0.6 is 0 Å². The summed E-state index contributed by atoms with van der Waals surface area (Å²) in [6.45, 7) is -0.00947. The zero-order valence-electron chi connectivity index (χ0n) is 6.47. The van der Waals surface area contributed by atoms with Gasteiger partial charge in [0.1, 0.15) is 6.29 Å². The molecule has 0 amide bonds. The number of pyridine rings is 1. The molecule has 0 aliphatic rings. The number of hydrogen-bond acceptors (Lipinski definition) is 3. The molecule has 0 atom stereocenters. The summed E-state index contributed by atoms with van der Waals surface area (Å²) in [7, 11) is 0. The number of nitrogens with zero attached hydrogens (tertiary/aromatic N) is 1. The van der Waals surface area contributed by atoms with Crippen molar-refractivity contribution >= 4 is 12.4 Å². The summed E-state index contributed by atoms with van der Waals surface area (Å²) >= 11 is 0. The van der Waals surface area contributed by atoms with Crippen molar-refractivity contribution in [1.82, 2.24) is 4.98 Å². The Kier molecular flexibility index (Phi) is 3.17. The molecule has 1 aromatic rings. The molecule has 0 aromatic carbocycles. The van der Waals surface area contributed by atoms with Gasteiger partial charge in [0.2, 0.25) is 0 Å². The van der Waals surface area contributed by atoms with Crippen LogP contribution in [0.25, 0.3) is 6.08 Å². The van der Waals surface area contributed by atoms with E-state index in [1.165, 1.54) is 6.08 Å². The van der Waals surface area contributed by atoms with E-state index in [0.717, 1.165) is 5.56 Å². The standard InChI is InChI=1S/C9H9NO2/c11-5-1-2-9-6-8(7-12)3-4-10-9/h1-6,12H,7H2. The number of allylic oxidation sites excluding steroid dienone is 1. The van der Waals surface area contributed by atoms with Crippen LogP contribution in [0, 0.1) is 0 Å². The molecule has 3 heteroatoms. The van der Waals surface area contributed by atoms with Gasteiger partial charge in [0.05, 0.1) is 12.3 Å². The van der Waals surface area contributed by atoms with E-state index in [9.17, 15) is 4.79 Å². The predicted octanol–water partition coefficient (Wildman–Crippen LogP) is 0.786. The van der Waals surface area contributed by atoms with E-state index in [4.69, 9.17) is 5.11 Å². The molecular formula is C9H9NO2. The Morgan fingerprint density at radius 1 is 1.58 bits per heavy atom. The van der Waals surface area contributed by atoms with Crippen LogP contribution in [0.1, 0.15) is 11.3 Å². The lowest BCUT2D eigenvalue weighted by Crippen LogP contribution is -1.86. The molecule has 0 unspecified atom stereocenters. The third-order valence-electron chi connectivity index (χ3n) is 1.37. The average molecular weight is 163 g/mol. The van der Waals surface area contributed by atoms with Crippen LogP contribution in [-0.2, 0) is 11.4 Å². The summed E-state index contributed by atoms with van der Waals surface area (Å²) in [4.78, 5) is 13.9. The quantitative estimate of drug-likeness (QED) is 0.529. The third-order valence-corrected chi connectivity index (χ3v) is 1.37. The van der Waals surface area contributed by atoms with E-state index in [2.05, 4.69) is 4.98 Å². The molecule has 1 rings (SSSR count). The molecule has 0 bridgehead atoms. The number of aliphatic hydroxyl groups excluding tert-OH is 1. The summed E-state index contributed by atoms with van der Waals surface area (Å²) in [6.07, 6.45) is 5.24. The van der Waals surface area contributed by atoms with E-state index < -0.39 is 0 Å². The molecule has 1 heterocycles. The first-order valence-corrected chi connectivity index (χ1v) is 3.54. The summed E-state index contributed by atoms with van der Waals surface area (Å²) in [5, 5.41) is 8.77. The molecule has 0 radical (unpaired) electrons. The van der Waals surface area contributed by atoms with Crippen molar-refractivity contribution in [2.24, 2.45) is 0 Å². The predicted molar refractivity (Wildman–Crippen MR) is 45.3 cm³/mol. The number of rotatable bonds is 3. The van der Waals surface area contributed by atoms with Gasteiger partial charge in [-0.2, -0.15) is 0 Å². The number of carbonyl (C=O) groups is 1. The Morgan fingerprint density at radius 3 is 3.08 bits per heavy atom. The van der Waals surface area contributed by atoms with Crippen molar-refractivity contribution in [3.8, 4) is 0 Å². The molecule has 62 valence electrons. The zero-order chi connectivity index (χ0) is 8.81. The van der Waals surface area contributed by atoms with E-state index >= 15 is 0 Å². The molecule has 1 aromatic heterocycles. The van der Waals surface area contributed by atoms with Gasteiger partial charge in [0.15, 0.2) is 0 Å². The van der Waals surface area contributed by atoms with E-state index in [1.807, 2.05) is 0 Å². The van der Waals surface area contributed by atoms with Crippen LogP contribution in [0.3, 0.4) is 0 Å². The highest BCUT2D eigenvalue weighted by Crippen LogP contribution is 2.02. The molecule has 0 spiro atoms. The first kappa shape index (κ1) is 8.62. The maximum Gasteiger partial charge on any atom is 0.142 e. The van der Waals surface area contributed by atoms with Gasteiger partial charge in [-0.15, -0.1) is 0 Å². The number of aromatic nitrogens is 1. The van der Waals surface area contributed by atoms with Crippen molar-refractivity contribution in [3.63, 3.8) is 0 Å². The molecule has 0 aliphatic carbocycles. The van der Waals surface area contributed by atoms with Crippen molar-refractivity contribution < 1.29 is 9.90 Å². The highest BCUT2D eigenvalue weighted by molar-refractivity contribution is 5.72.